The molecule has 0 saturated heterocycles. The van der Waals surface area contributed by atoms with Gasteiger partial charge in [0.2, 0.25) is 10.0 Å². The fraction of sp³-hybridized carbons (Fsp3) is 0.250. The van der Waals surface area contributed by atoms with E-state index in [4.69, 9.17) is 0 Å². The van der Waals surface area contributed by atoms with Crippen molar-refractivity contribution in [3.05, 3.63) is 48.0 Å². The quantitative estimate of drug-likeness (QED) is 0.927. The van der Waals surface area contributed by atoms with E-state index in [2.05, 4.69) is 9.82 Å². The van der Waals surface area contributed by atoms with E-state index >= 15 is 0 Å². The lowest BCUT2D eigenvalue weighted by molar-refractivity contribution is 0.547. The zero-order chi connectivity index (χ0) is 14.0. The number of hydrogen-bond donors (Lipinski definition) is 1. The van der Waals surface area contributed by atoms with Gasteiger partial charge in [-0.2, -0.15) is 5.10 Å². The van der Waals surface area contributed by atoms with Gasteiger partial charge in [0.15, 0.2) is 0 Å². The molecule has 0 aliphatic carbocycles. The van der Waals surface area contributed by atoms with Gasteiger partial charge in [0.05, 0.1) is 6.20 Å². The highest BCUT2D eigenvalue weighted by Crippen LogP contribution is 2.18. The van der Waals surface area contributed by atoms with Crippen LogP contribution in [-0.2, 0) is 17.1 Å². The Morgan fingerprint density at radius 2 is 2.05 bits per heavy atom. The van der Waals surface area contributed by atoms with Crippen molar-refractivity contribution >= 4 is 10.0 Å². The van der Waals surface area contributed by atoms with Crippen LogP contribution in [-0.4, -0.2) is 18.2 Å². The first-order valence-corrected chi connectivity index (χ1v) is 7.14. The molecule has 1 aromatic heterocycles. The molecule has 1 aromatic carbocycles. The predicted octanol–water partition coefficient (Wildman–Crippen LogP) is 1.60. The van der Waals surface area contributed by atoms with Gasteiger partial charge in [-0.15, -0.1) is 0 Å². The number of aryl methyl sites for hydroxylation is 1. The van der Waals surface area contributed by atoms with E-state index in [1.54, 1.807) is 31.0 Å². The van der Waals surface area contributed by atoms with Gasteiger partial charge in [-0.3, -0.25) is 4.68 Å². The third-order valence-corrected chi connectivity index (χ3v) is 4.26. The second kappa shape index (κ2) is 5.10. The average molecular weight is 283 g/mol. The highest BCUT2D eigenvalue weighted by Gasteiger charge is 2.22. The summed E-state index contributed by atoms with van der Waals surface area (Å²) in [4.78, 5) is -0.356. The molecule has 1 atom stereocenters. The Labute approximate surface area is 111 Å². The molecule has 0 aliphatic rings. The van der Waals surface area contributed by atoms with Crippen LogP contribution in [0.2, 0.25) is 0 Å². The molecule has 0 fully saturated rings. The van der Waals surface area contributed by atoms with Crippen LogP contribution in [0.3, 0.4) is 0 Å². The lowest BCUT2D eigenvalue weighted by atomic mass is 10.2. The molecule has 2 rings (SSSR count). The number of benzene rings is 1. The SMILES string of the molecule is CC(NS(=O)(=O)c1ccccc1F)c1cnn(C)c1. The summed E-state index contributed by atoms with van der Waals surface area (Å²) in [5.74, 6) is -0.770. The molecule has 1 N–H and O–H groups in total. The summed E-state index contributed by atoms with van der Waals surface area (Å²) in [5.41, 5.74) is 0.711. The van der Waals surface area contributed by atoms with E-state index in [0.29, 0.717) is 5.56 Å². The molecule has 1 unspecified atom stereocenters. The van der Waals surface area contributed by atoms with Crippen LogP contribution < -0.4 is 4.72 Å². The summed E-state index contributed by atoms with van der Waals surface area (Å²) < 4.78 is 41.6. The normalized spacial score (nSPS) is 13.4. The fourth-order valence-electron chi connectivity index (χ4n) is 1.69. The Balaban J connectivity index is 2.25. The van der Waals surface area contributed by atoms with Crippen LogP contribution in [0, 0.1) is 5.82 Å². The maximum absolute atomic E-state index is 13.5. The van der Waals surface area contributed by atoms with Gasteiger partial charge in [0.1, 0.15) is 10.7 Å². The second-order valence-corrected chi connectivity index (χ2v) is 5.90. The maximum atomic E-state index is 13.5. The molecule has 102 valence electrons. The van der Waals surface area contributed by atoms with Crippen molar-refractivity contribution in [1.82, 2.24) is 14.5 Å². The third kappa shape index (κ3) is 2.99. The Hall–Kier alpha value is -1.73. The van der Waals surface area contributed by atoms with Gasteiger partial charge in [0, 0.05) is 24.8 Å². The first-order chi connectivity index (χ1) is 8.90. The van der Waals surface area contributed by atoms with Crippen molar-refractivity contribution in [3.8, 4) is 0 Å². The standard InChI is InChI=1S/C12H14FN3O2S/c1-9(10-7-14-16(2)8-10)15-19(17,18)12-6-4-3-5-11(12)13/h3-9,15H,1-2H3. The second-order valence-electron chi connectivity index (χ2n) is 4.22. The Morgan fingerprint density at radius 1 is 1.37 bits per heavy atom. The molecule has 0 saturated carbocycles. The number of sulfonamides is 1. The first kappa shape index (κ1) is 13.7. The lowest BCUT2D eigenvalue weighted by Crippen LogP contribution is -2.27. The average Bonchev–Trinajstić information content (AvgIpc) is 2.76. The monoisotopic (exact) mass is 283 g/mol. The van der Waals surface area contributed by atoms with Crippen molar-refractivity contribution in [1.29, 1.82) is 0 Å². The van der Waals surface area contributed by atoms with Crippen LogP contribution in [0.5, 0.6) is 0 Å². The van der Waals surface area contributed by atoms with E-state index in [1.165, 1.54) is 18.2 Å². The van der Waals surface area contributed by atoms with E-state index in [0.717, 1.165) is 6.07 Å². The number of halogens is 1. The van der Waals surface area contributed by atoms with Crippen molar-refractivity contribution in [2.75, 3.05) is 0 Å². The Kier molecular flexibility index (Phi) is 3.68. The minimum atomic E-state index is -3.89. The predicted molar refractivity (Wildman–Crippen MR) is 68.3 cm³/mol. The highest BCUT2D eigenvalue weighted by atomic mass is 32.2. The topological polar surface area (TPSA) is 64.0 Å². The summed E-state index contributed by atoms with van der Waals surface area (Å²) in [6.45, 7) is 1.68. The minimum absolute atomic E-state index is 0.356. The van der Waals surface area contributed by atoms with Crippen LogP contribution in [0.1, 0.15) is 18.5 Å². The third-order valence-electron chi connectivity index (χ3n) is 2.68. The van der Waals surface area contributed by atoms with Gasteiger partial charge in [-0.05, 0) is 19.1 Å². The molecule has 0 aliphatic heterocycles. The van der Waals surface area contributed by atoms with Crippen molar-refractivity contribution in [3.63, 3.8) is 0 Å². The Morgan fingerprint density at radius 3 is 2.63 bits per heavy atom. The number of rotatable bonds is 4. The van der Waals surface area contributed by atoms with Gasteiger partial charge in [0.25, 0.3) is 0 Å². The molecule has 7 heteroatoms. The fourth-order valence-corrected chi connectivity index (χ4v) is 3.00. The summed E-state index contributed by atoms with van der Waals surface area (Å²) in [6.07, 6.45) is 3.27. The van der Waals surface area contributed by atoms with E-state index in [9.17, 15) is 12.8 Å². The van der Waals surface area contributed by atoms with Gasteiger partial charge < -0.3 is 0 Å². The summed E-state index contributed by atoms with van der Waals surface area (Å²) >= 11 is 0. The minimum Gasteiger partial charge on any atom is -0.275 e. The molecule has 1 heterocycles. The zero-order valence-corrected chi connectivity index (χ0v) is 11.4. The van der Waals surface area contributed by atoms with Crippen LogP contribution in [0.25, 0.3) is 0 Å². The molecular formula is C12H14FN3O2S. The first-order valence-electron chi connectivity index (χ1n) is 5.65. The van der Waals surface area contributed by atoms with E-state index in [1.807, 2.05) is 0 Å². The molecular weight excluding hydrogens is 269 g/mol. The van der Waals surface area contributed by atoms with E-state index < -0.39 is 21.9 Å². The molecule has 0 spiro atoms. The Bertz CT molecular complexity index is 682. The van der Waals surface area contributed by atoms with Crippen molar-refractivity contribution in [2.24, 2.45) is 7.05 Å². The van der Waals surface area contributed by atoms with Crippen LogP contribution in [0.4, 0.5) is 4.39 Å². The lowest BCUT2D eigenvalue weighted by Gasteiger charge is -2.13. The molecule has 5 nitrogen and oxygen atoms in total. The highest BCUT2D eigenvalue weighted by molar-refractivity contribution is 7.89. The van der Waals surface area contributed by atoms with Crippen molar-refractivity contribution < 1.29 is 12.8 Å². The number of nitrogens with one attached hydrogen (secondary N) is 1. The summed E-state index contributed by atoms with van der Waals surface area (Å²) in [7, 11) is -2.15. The molecule has 2 aromatic rings. The molecule has 0 radical (unpaired) electrons. The van der Waals surface area contributed by atoms with Gasteiger partial charge in [-0.25, -0.2) is 17.5 Å². The summed E-state index contributed by atoms with van der Waals surface area (Å²) in [6, 6.07) is 4.78. The van der Waals surface area contributed by atoms with Gasteiger partial charge >= 0.3 is 0 Å². The van der Waals surface area contributed by atoms with Crippen LogP contribution >= 0.6 is 0 Å². The molecule has 19 heavy (non-hydrogen) atoms. The summed E-state index contributed by atoms with van der Waals surface area (Å²) in [5, 5.41) is 3.97. The van der Waals surface area contributed by atoms with Crippen LogP contribution in [0.15, 0.2) is 41.6 Å². The molecule has 0 amide bonds. The number of nitrogens with zero attached hydrogens (tertiary/aromatic N) is 2. The van der Waals surface area contributed by atoms with Gasteiger partial charge in [-0.1, -0.05) is 12.1 Å². The molecule has 0 bridgehead atoms. The maximum Gasteiger partial charge on any atom is 0.244 e. The number of hydrogen-bond acceptors (Lipinski definition) is 3. The smallest absolute Gasteiger partial charge is 0.244 e. The van der Waals surface area contributed by atoms with E-state index in [-0.39, 0.29) is 4.90 Å². The van der Waals surface area contributed by atoms with Crippen molar-refractivity contribution in [2.45, 2.75) is 17.9 Å². The number of aromatic nitrogens is 2. The zero-order valence-electron chi connectivity index (χ0n) is 10.5. The largest absolute Gasteiger partial charge is 0.275 e.